The number of piperidine rings is 1. The maximum atomic E-state index is 13.1. The van der Waals surface area contributed by atoms with Gasteiger partial charge in [-0.2, -0.15) is 0 Å². The Morgan fingerprint density at radius 1 is 1.18 bits per heavy atom. The highest BCUT2D eigenvalue weighted by molar-refractivity contribution is 5.51. The Kier molecular flexibility index (Phi) is 2.28. The predicted molar refractivity (Wildman–Crippen MR) is 61.6 cm³/mol. The van der Waals surface area contributed by atoms with Crippen molar-refractivity contribution in [2.24, 2.45) is 0 Å². The zero-order valence-corrected chi connectivity index (χ0v) is 9.31. The molecule has 2 aromatic heterocycles. The van der Waals surface area contributed by atoms with E-state index in [0.717, 1.165) is 11.5 Å². The molecule has 0 radical (unpaired) electrons. The van der Waals surface area contributed by atoms with Gasteiger partial charge in [-0.3, -0.25) is 4.40 Å². The third-order valence-electron chi connectivity index (χ3n) is 3.23. The van der Waals surface area contributed by atoms with Gasteiger partial charge in [-0.1, -0.05) is 6.07 Å². The zero-order valence-electron chi connectivity index (χ0n) is 9.31. The molecular formula is C12H13F2N3. The molecule has 3 rings (SSSR count). The molecule has 90 valence electrons. The molecule has 3 heterocycles. The van der Waals surface area contributed by atoms with E-state index in [1.54, 1.807) is 6.20 Å². The number of nitrogens with zero attached hydrogens (tertiary/aromatic N) is 3. The SMILES string of the molecule is FC1(F)CCN(c2cccc3nccn23)CC1. The van der Waals surface area contributed by atoms with Crippen LogP contribution in [0.3, 0.4) is 0 Å². The van der Waals surface area contributed by atoms with Gasteiger partial charge in [0.2, 0.25) is 0 Å². The molecule has 2 aromatic rings. The Morgan fingerprint density at radius 3 is 2.71 bits per heavy atom. The summed E-state index contributed by atoms with van der Waals surface area (Å²) in [7, 11) is 0. The summed E-state index contributed by atoms with van der Waals surface area (Å²) >= 11 is 0. The van der Waals surface area contributed by atoms with Crippen LogP contribution in [0, 0.1) is 0 Å². The number of hydrogen-bond acceptors (Lipinski definition) is 2. The molecule has 0 N–H and O–H groups in total. The molecule has 3 nitrogen and oxygen atoms in total. The second kappa shape index (κ2) is 3.68. The van der Waals surface area contributed by atoms with Gasteiger partial charge in [0.15, 0.2) is 0 Å². The molecule has 0 unspecified atom stereocenters. The molecule has 0 atom stereocenters. The number of pyridine rings is 1. The van der Waals surface area contributed by atoms with E-state index in [1.807, 2.05) is 33.7 Å². The third-order valence-corrected chi connectivity index (χ3v) is 3.23. The summed E-state index contributed by atoms with van der Waals surface area (Å²) in [5.41, 5.74) is 0.847. The largest absolute Gasteiger partial charge is 0.357 e. The van der Waals surface area contributed by atoms with Crippen LogP contribution in [0.5, 0.6) is 0 Å². The first kappa shape index (κ1) is 10.5. The molecule has 5 heteroatoms. The second-order valence-corrected chi connectivity index (χ2v) is 4.38. The first-order valence-corrected chi connectivity index (χ1v) is 5.71. The third kappa shape index (κ3) is 1.85. The van der Waals surface area contributed by atoms with Crippen LogP contribution in [0.2, 0.25) is 0 Å². The number of alkyl halides is 2. The molecule has 0 bridgehead atoms. The summed E-state index contributed by atoms with van der Waals surface area (Å²) in [6.45, 7) is 0.786. The van der Waals surface area contributed by atoms with Gasteiger partial charge in [-0.25, -0.2) is 13.8 Å². The van der Waals surface area contributed by atoms with Crippen LogP contribution in [0.15, 0.2) is 30.6 Å². The van der Waals surface area contributed by atoms with Gasteiger partial charge in [0.25, 0.3) is 5.92 Å². The maximum absolute atomic E-state index is 13.1. The summed E-state index contributed by atoms with van der Waals surface area (Å²) in [6.07, 6.45) is 3.44. The molecule has 1 fully saturated rings. The Hall–Kier alpha value is -1.65. The van der Waals surface area contributed by atoms with Crippen LogP contribution >= 0.6 is 0 Å². The van der Waals surface area contributed by atoms with Crippen molar-refractivity contribution in [1.29, 1.82) is 0 Å². The molecule has 1 aliphatic heterocycles. The summed E-state index contributed by atoms with van der Waals surface area (Å²) in [5.74, 6) is -1.56. The zero-order chi connectivity index (χ0) is 11.9. The lowest BCUT2D eigenvalue weighted by Gasteiger charge is -2.33. The monoisotopic (exact) mass is 237 g/mol. The van der Waals surface area contributed by atoms with E-state index in [4.69, 9.17) is 0 Å². The number of fused-ring (bicyclic) bond motifs is 1. The van der Waals surface area contributed by atoms with Crippen molar-refractivity contribution in [3.05, 3.63) is 30.6 Å². The number of anilines is 1. The molecule has 17 heavy (non-hydrogen) atoms. The summed E-state index contributed by atoms with van der Waals surface area (Å²) in [6, 6.07) is 5.75. The number of hydrogen-bond donors (Lipinski definition) is 0. The minimum atomic E-state index is -2.50. The van der Waals surface area contributed by atoms with Crippen LogP contribution in [-0.2, 0) is 0 Å². The van der Waals surface area contributed by atoms with Crippen LogP contribution in [-0.4, -0.2) is 28.4 Å². The van der Waals surface area contributed by atoms with Gasteiger partial charge in [0.05, 0.1) is 0 Å². The highest BCUT2D eigenvalue weighted by Gasteiger charge is 2.34. The van der Waals surface area contributed by atoms with Crippen LogP contribution < -0.4 is 4.90 Å². The summed E-state index contributed by atoms with van der Waals surface area (Å²) in [5, 5.41) is 0. The predicted octanol–water partition coefficient (Wildman–Crippen LogP) is 2.57. The molecule has 0 amide bonds. The number of aromatic nitrogens is 2. The van der Waals surface area contributed by atoms with Gasteiger partial charge < -0.3 is 4.90 Å². The normalized spacial score (nSPS) is 19.8. The standard InChI is InChI=1S/C12H13F2N3/c13-12(14)4-7-16(8-5-12)11-3-1-2-10-15-6-9-17(10)11/h1-3,6,9H,4-5,7-8H2. The van der Waals surface area contributed by atoms with E-state index in [2.05, 4.69) is 4.98 Å². The number of halogens is 2. The van der Waals surface area contributed by atoms with Gasteiger partial charge in [-0.05, 0) is 12.1 Å². The van der Waals surface area contributed by atoms with Gasteiger partial charge in [-0.15, -0.1) is 0 Å². The molecule has 0 aliphatic carbocycles. The summed E-state index contributed by atoms with van der Waals surface area (Å²) in [4.78, 5) is 6.18. The lowest BCUT2D eigenvalue weighted by Crippen LogP contribution is -2.40. The van der Waals surface area contributed by atoms with Gasteiger partial charge >= 0.3 is 0 Å². The fraction of sp³-hybridized carbons (Fsp3) is 0.417. The van der Waals surface area contributed by atoms with Crippen molar-refractivity contribution < 1.29 is 8.78 Å². The van der Waals surface area contributed by atoms with E-state index in [9.17, 15) is 8.78 Å². The molecule has 1 saturated heterocycles. The van der Waals surface area contributed by atoms with Gasteiger partial charge in [0, 0.05) is 38.3 Å². The van der Waals surface area contributed by atoms with Crippen LogP contribution in [0.4, 0.5) is 14.6 Å². The topological polar surface area (TPSA) is 20.5 Å². The van der Waals surface area contributed by atoms with Crippen LogP contribution in [0.25, 0.3) is 5.65 Å². The smallest absolute Gasteiger partial charge is 0.251 e. The van der Waals surface area contributed by atoms with Crippen molar-refractivity contribution >= 4 is 11.5 Å². The Labute approximate surface area is 97.7 Å². The molecule has 0 spiro atoms. The number of imidazole rings is 1. The van der Waals surface area contributed by atoms with Gasteiger partial charge in [0.1, 0.15) is 11.5 Å². The minimum absolute atomic E-state index is 0.0713. The molecular weight excluding hydrogens is 224 g/mol. The molecule has 1 aliphatic rings. The first-order valence-electron chi connectivity index (χ1n) is 5.71. The maximum Gasteiger partial charge on any atom is 0.251 e. The fourth-order valence-corrected chi connectivity index (χ4v) is 2.25. The quantitative estimate of drug-likeness (QED) is 0.759. The average Bonchev–Trinajstić information content (AvgIpc) is 2.77. The highest BCUT2D eigenvalue weighted by Crippen LogP contribution is 2.30. The van der Waals surface area contributed by atoms with E-state index >= 15 is 0 Å². The van der Waals surface area contributed by atoms with Crippen LogP contribution in [0.1, 0.15) is 12.8 Å². The lowest BCUT2D eigenvalue weighted by molar-refractivity contribution is -0.0221. The van der Waals surface area contributed by atoms with E-state index < -0.39 is 5.92 Å². The summed E-state index contributed by atoms with van der Waals surface area (Å²) < 4.78 is 28.1. The van der Waals surface area contributed by atoms with Crippen molar-refractivity contribution in [2.75, 3.05) is 18.0 Å². The van der Waals surface area contributed by atoms with Crippen molar-refractivity contribution in [3.63, 3.8) is 0 Å². The number of rotatable bonds is 1. The Bertz CT molecular complexity index is 525. The van der Waals surface area contributed by atoms with E-state index in [-0.39, 0.29) is 12.8 Å². The highest BCUT2D eigenvalue weighted by atomic mass is 19.3. The van der Waals surface area contributed by atoms with Crippen molar-refractivity contribution in [3.8, 4) is 0 Å². The Morgan fingerprint density at radius 2 is 1.94 bits per heavy atom. The molecule has 0 aromatic carbocycles. The minimum Gasteiger partial charge on any atom is -0.357 e. The first-order chi connectivity index (χ1) is 8.16. The lowest BCUT2D eigenvalue weighted by atomic mass is 10.1. The molecule has 0 saturated carbocycles. The van der Waals surface area contributed by atoms with E-state index in [1.165, 1.54) is 0 Å². The van der Waals surface area contributed by atoms with Crippen molar-refractivity contribution in [1.82, 2.24) is 9.38 Å². The Balaban J connectivity index is 1.92. The second-order valence-electron chi connectivity index (χ2n) is 4.38. The van der Waals surface area contributed by atoms with Crippen molar-refractivity contribution in [2.45, 2.75) is 18.8 Å². The fourth-order valence-electron chi connectivity index (χ4n) is 2.25. The average molecular weight is 237 g/mol. The van der Waals surface area contributed by atoms with E-state index in [0.29, 0.717) is 13.1 Å².